The van der Waals surface area contributed by atoms with E-state index in [9.17, 15) is 19.2 Å². The van der Waals surface area contributed by atoms with Crippen LogP contribution in [0.2, 0.25) is 0 Å². The molecule has 1 fully saturated rings. The summed E-state index contributed by atoms with van der Waals surface area (Å²) >= 11 is 0. The monoisotopic (exact) mass is 387 g/mol. The fourth-order valence-electron chi connectivity index (χ4n) is 2.87. The van der Waals surface area contributed by atoms with Crippen LogP contribution in [0.4, 0.5) is 0 Å². The van der Waals surface area contributed by atoms with Crippen molar-refractivity contribution in [3.8, 4) is 0 Å². The van der Waals surface area contributed by atoms with E-state index in [0.717, 1.165) is 0 Å². The van der Waals surface area contributed by atoms with Crippen LogP contribution in [-0.2, 0) is 19.2 Å². The number of aliphatic hydroxyl groups excluding tert-OH is 1. The van der Waals surface area contributed by atoms with Gasteiger partial charge in [0.1, 0.15) is 18.1 Å². The predicted octanol–water partition coefficient (Wildman–Crippen LogP) is -2.89. The molecule has 3 amide bonds. The summed E-state index contributed by atoms with van der Waals surface area (Å²) in [5.74, 6) is -2.83. The molecular weight excluding hydrogens is 358 g/mol. The Morgan fingerprint density at radius 2 is 1.93 bits per heavy atom. The number of carbonyl (C=O) groups is 4. The van der Waals surface area contributed by atoms with Crippen LogP contribution in [0.5, 0.6) is 0 Å². The number of carboxylic acids is 1. The maximum absolute atomic E-state index is 12.3. The third kappa shape index (κ3) is 7.12. The summed E-state index contributed by atoms with van der Waals surface area (Å²) in [4.78, 5) is 48.8. The Morgan fingerprint density at radius 3 is 2.52 bits per heavy atom. The summed E-state index contributed by atoms with van der Waals surface area (Å²) in [7, 11) is 0. The second-order valence-electron chi connectivity index (χ2n) is 6.44. The first-order valence-corrected chi connectivity index (χ1v) is 8.98. The van der Waals surface area contributed by atoms with Crippen molar-refractivity contribution in [3.05, 3.63) is 0 Å². The van der Waals surface area contributed by atoms with Crippen LogP contribution in [0.1, 0.15) is 32.1 Å². The zero-order valence-corrected chi connectivity index (χ0v) is 15.2. The number of unbranched alkanes of at least 4 members (excludes halogenated alkanes) is 1. The Bertz CT molecular complexity index is 543. The van der Waals surface area contributed by atoms with Gasteiger partial charge in [0, 0.05) is 6.54 Å². The summed E-state index contributed by atoms with van der Waals surface area (Å²) in [5.41, 5.74) is 10.9. The molecule has 0 bridgehead atoms. The summed E-state index contributed by atoms with van der Waals surface area (Å²) in [6.07, 6.45) is 2.49. The molecule has 11 heteroatoms. The van der Waals surface area contributed by atoms with E-state index in [0.29, 0.717) is 38.8 Å². The van der Waals surface area contributed by atoms with Gasteiger partial charge in [-0.3, -0.25) is 14.4 Å². The van der Waals surface area contributed by atoms with Gasteiger partial charge in [0.25, 0.3) is 0 Å². The maximum atomic E-state index is 12.3. The first-order valence-electron chi connectivity index (χ1n) is 8.98. The average molecular weight is 387 g/mol. The van der Waals surface area contributed by atoms with Crippen LogP contribution in [0.3, 0.4) is 0 Å². The van der Waals surface area contributed by atoms with Crippen LogP contribution in [0.15, 0.2) is 0 Å². The number of hydrogen-bond acceptors (Lipinski definition) is 7. The lowest BCUT2D eigenvalue weighted by Gasteiger charge is -2.26. The van der Waals surface area contributed by atoms with E-state index in [1.165, 1.54) is 4.90 Å². The van der Waals surface area contributed by atoms with E-state index in [1.54, 1.807) is 0 Å². The SMILES string of the molecule is NCCCCC(NC(=O)CNC(=O)C1CCCN1C(=O)C(N)CO)C(=O)O. The maximum Gasteiger partial charge on any atom is 0.326 e. The van der Waals surface area contributed by atoms with Gasteiger partial charge in [-0.1, -0.05) is 0 Å². The lowest BCUT2D eigenvalue weighted by Crippen LogP contribution is -2.53. The zero-order valence-electron chi connectivity index (χ0n) is 15.2. The number of rotatable bonds is 11. The van der Waals surface area contributed by atoms with E-state index >= 15 is 0 Å². The van der Waals surface area contributed by atoms with E-state index in [4.69, 9.17) is 21.7 Å². The molecule has 0 aliphatic carbocycles. The van der Waals surface area contributed by atoms with Crippen molar-refractivity contribution in [1.29, 1.82) is 0 Å². The lowest BCUT2D eigenvalue weighted by atomic mass is 10.1. The third-order valence-electron chi connectivity index (χ3n) is 4.36. The topological polar surface area (TPSA) is 188 Å². The molecule has 1 aliphatic heterocycles. The Labute approximate surface area is 157 Å². The molecule has 11 nitrogen and oxygen atoms in total. The highest BCUT2D eigenvalue weighted by molar-refractivity contribution is 5.93. The number of carbonyl (C=O) groups excluding carboxylic acids is 3. The highest BCUT2D eigenvalue weighted by atomic mass is 16.4. The van der Waals surface area contributed by atoms with Crippen LogP contribution in [0.25, 0.3) is 0 Å². The minimum Gasteiger partial charge on any atom is -0.480 e. The fraction of sp³-hybridized carbons (Fsp3) is 0.750. The van der Waals surface area contributed by atoms with Crippen molar-refractivity contribution in [2.24, 2.45) is 11.5 Å². The van der Waals surface area contributed by atoms with Crippen LogP contribution >= 0.6 is 0 Å². The van der Waals surface area contributed by atoms with E-state index < -0.39 is 55.0 Å². The number of hydrogen-bond donors (Lipinski definition) is 6. The molecule has 27 heavy (non-hydrogen) atoms. The number of nitrogens with two attached hydrogens (primary N) is 2. The van der Waals surface area contributed by atoms with Gasteiger partial charge in [0.2, 0.25) is 17.7 Å². The molecule has 1 rings (SSSR count). The molecular formula is C16H29N5O6. The Balaban J connectivity index is 2.50. The largest absolute Gasteiger partial charge is 0.480 e. The van der Waals surface area contributed by atoms with Gasteiger partial charge in [0.05, 0.1) is 13.2 Å². The number of carboxylic acid groups (broad SMARTS) is 1. The van der Waals surface area contributed by atoms with Gasteiger partial charge in [0.15, 0.2) is 0 Å². The van der Waals surface area contributed by atoms with E-state index in [-0.39, 0.29) is 6.42 Å². The molecule has 0 spiro atoms. The number of aliphatic carboxylic acids is 1. The van der Waals surface area contributed by atoms with E-state index in [2.05, 4.69) is 10.6 Å². The highest BCUT2D eigenvalue weighted by Crippen LogP contribution is 2.18. The lowest BCUT2D eigenvalue weighted by molar-refractivity contribution is -0.142. The highest BCUT2D eigenvalue weighted by Gasteiger charge is 2.36. The summed E-state index contributed by atoms with van der Waals surface area (Å²) in [5, 5.41) is 22.9. The normalized spacial score (nSPS) is 18.6. The Kier molecular flexibility index (Phi) is 9.68. The molecule has 1 aliphatic rings. The smallest absolute Gasteiger partial charge is 0.326 e. The van der Waals surface area contributed by atoms with Crippen molar-refractivity contribution in [2.75, 3.05) is 26.2 Å². The number of likely N-dealkylation sites (tertiary alicyclic amines) is 1. The number of nitrogens with one attached hydrogen (secondary N) is 2. The number of nitrogens with zero attached hydrogens (tertiary/aromatic N) is 1. The average Bonchev–Trinajstić information content (AvgIpc) is 3.13. The number of aliphatic hydroxyl groups is 1. The molecule has 0 saturated carbocycles. The number of amides is 3. The van der Waals surface area contributed by atoms with Gasteiger partial charge in [-0.25, -0.2) is 4.79 Å². The first kappa shape index (κ1) is 22.8. The van der Waals surface area contributed by atoms with Crippen molar-refractivity contribution < 1.29 is 29.4 Å². The summed E-state index contributed by atoms with van der Waals surface area (Å²) < 4.78 is 0. The molecule has 0 aromatic rings. The van der Waals surface area contributed by atoms with Gasteiger partial charge in [-0.05, 0) is 38.6 Å². The van der Waals surface area contributed by atoms with Gasteiger partial charge in [-0.15, -0.1) is 0 Å². The quantitative estimate of drug-likeness (QED) is 0.204. The molecule has 154 valence electrons. The Hall–Kier alpha value is -2.24. The zero-order chi connectivity index (χ0) is 20.4. The van der Waals surface area contributed by atoms with Crippen molar-refractivity contribution in [1.82, 2.24) is 15.5 Å². The van der Waals surface area contributed by atoms with Crippen molar-refractivity contribution in [2.45, 2.75) is 50.2 Å². The van der Waals surface area contributed by atoms with Gasteiger partial charge < -0.3 is 37.2 Å². The second kappa shape index (κ2) is 11.5. The van der Waals surface area contributed by atoms with Crippen molar-refractivity contribution >= 4 is 23.7 Å². The molecule has 8 N–H and O–H groups in total. The summed E-state index contributed by atoms with van der Waals surface area (Å²) in [6.45, 7) is -0.136. The second-order valence-corrected chi connectivity index (χ2v) is 6.44. The molecule has 1 saturated heterocycles. The molecule has 1 heterocycles. The predicted molar refractivity (Wildman–Crippen MR) is 95.3 cm³/mol. The van der Waals surface area contributed by atoms with Crippen LogP contribution in [-0.4, -0.2) is 83.2 Å². The molecule has 3 unspecified atom stereocenters. The standard InChI is InChI=1S/C16H29N5O6/c17-6-2-1-4-11(16(26)27)20-13(23)8-19-14(24)12-5-3-7-21(12)15(25)10(18)9-22/h10-12,22H,1-9,17-18H2,(H,19,24)(H,20,23)(H,26,27). The molecule has 0 aromatic carbocycles. The molecule has 0 aromatic heterocycles. The third-order valence-corrected chi connectivity index (χ3v) is 4.36. The minimum absolute atomic E-state index is 0.246. The molecule has 0 radical (unpaired) electrons. The molecule has 3 atom stereocenters. The van der Waals surface area contributed by atoms with Gasteiger partial charge in [-0.2, -0.15) is 0 Å². The summed E-state index contributed by atoms with van der Waals surface area (Å²) in [6, 6.07) is -2.90. The first-order chi connectivity index (χ1) is 12.8. The van der Waals surface area contributed by atoms with Gasteiger partial charge >= 0.3 is 5.97 Å². The Morgan fingerprint density at radius 1 is 1.22 bits per heavy atom. The minimum atomic E-state index is -1.16. The van der Waals surface area contributed by atoms with Crippen LogP contribution in [0, 0.1) is 0 Å². The fourth-order valence-corrected chi connectivity index (χ4v) is 2.87. The van der Waals surface area contributed by atoms with Crippen LogP contribution < -0.4 is 22.1 Å². The van der Waals surface area contributed by atoms with Crippen molar-refractivity contribution in [3.63, 3.8) is 0 Å². The van der Waals surface area contributed by atoms with E-state index in [1.807, 2.05) is 0 Å².